The van der Waals surface area contributed by atoms with Gasteiger partial charge in [0.2, 0.25) is 0 Å². The molecule has 0 unspecified atom stereocenters. The third-order valence-electron chi connectivity index (χ3n) is 1.91. The second-order valence-corrected chi connectivity index (χ2v) is 3.11. The van der Waals surface area contributed by atoms with Crippen molar-refractivity contribution in [2.45, 2.75) is 13.5 Å². The average molecular weight is 210 g/mol. The summed E-state index contributed by atoms with van der Waals surface area (Å²) in [5, 5.41) is 3.21. The van der Waals surface area contributed by atoms with Gasteiger partial charge < -0.3 is 14.8 Å². The van der Waals surface area contributed by atoms with Crippen molar-refractivity contribution in [2.24, 2.45) is 0 Å². The van der Waals surface area contributed by atoms with Crippen LogP contribution in [0.1, 0.15) is 12.6 Å². The molecular formula is C11H18N2O2. The molecule has 0 aliphatic carbocycles. The lowest BCUT2D eigenvalue weighted by atomic mass is 10.3. The molecule has 0 bridgehead atoms. The first-order valence-corrected chi connectivity index (χ1v) is 5.14. The van der Waals surface area contributed by atoms with Gasteiger partial charge in [-0.25, -0.2) is 0 Å². The van der Waals surface area contributed by atoms with E-state index in [2.05, 4.69) is 17.2 Å². The third kappa shape index (κ3) is 4.76. The molecule has 0 saturated heterocycles. The molecule has 0 radical (unpaired) electrons. The van der Waals surface area contributed by atoms with Crippen molar-refractivity contribution >= 4 is 0 Å². The standard InChI is InChI=1S/C11H18N2O2/c1-3-12-8-10-4-5-11(9-13-10)15-7-6-14-2/h4-5,9,12H,3,6-8H2,1-2H3. The van der Waals surface area contributed by atoms with Gasteiger partial charge in [-0.15, -0.1) is 0 Å². The van der Waals surface area contributed by atoms with Crippen LogP contribution >= 0.6 is 0 Å². The zero-order valence-corrected chi connectivity index (χ0v) is 9.32. The quantitative estimate of drug-likeness (QED) is 0.687. The number of aromatic nitrogens is 1. The van der Waals surface area contributed by atoms with E-state index in [1.807, 2.05) is 12.1 Å². The van der Waals surface area contributed by atoms with Crippen LogP contribution < -0.4 is 10.1 Å². The molecule has 1 rings (SSSR count). The first-order chi connectivity index (χ1) is 7.36. The van der Waals surface area contributed by atoms with E-state index in [-0.39, 0.29) is 0 Å². The Labute approximate surface area is 90.6 Å². The van der Waals surface area contributed by atoms with Crippen molar-refractivity contribution < 1.29 is 9.47 Å². The number of hydrogen-bond acceptors (Lipinski definition) is 4. The Hall–Kier alpha value is -1.13. The lowest BCUT2D eigenvalue weighted by Crippen LogP contribution is -2.12. The highest BCUT2D eigenvalue weighted by Crippen LogP contribution is 2.08. The summed E-state index contributed by atoms with van der Waals surface area (Å²) in [5.41, 5.74) is 1.02. The predicted molar refractivity (Wildman–Crippen MR) is 59.0 cm³/mol. The third-order valence-corrected chi connectivity index (χ3v) is 1.91. The highest BCUT2D eigenvalue weighted by atomic mass is 16.5. The van der Waals surface area contributed by atoms with Crippen LogP contribution in [0.5, 0.6) is 5.75 Å². The Morgan fingerprint density at radius 3 is 2.80 bits per heavy atom. The Kier molecular flexibility index (Phi) is 5.73. The molecule has 1 heterocycles. The normalized spacial score (nSPS) is 10.3. The van der Waals surface area contributed by atoms with Gasteiger partial charge in [0, 0.05) is 13.7 Å². The van der Waals surface area contributed by atoms with Crippen molar-refractivity contribution in [2.75, 3.05) is 26.9 Å². The van der Waals surface area contributed by atoms with Crippen LogP contribution in [0, 0.1) is 0 Å². The van der Waals surface area contributed by atoms with E-state index in [1.165, 1.54) is 0 Å². The zero-order valence-electron chi connectivity index (χ0n) is 9.32. The first-order valence-electron chi connectivity index (χ1n) is 5.14. The van der Waals surface area contributed by atoms with Crippen LogP contribution in [0.4, 0.5) is 0 Å². The number of rotatable bonds is 7. The molecule has 4 heteroatoms. The summed E-state index contributed by atoms with van der Waals surface area (Å²) in [7, 11) is 1.65. The van der Waals surface area contributed by atoms with Crippen molar-refractivity contribution in [3.8, 4) is 5.75 Å². The van der Waals surface area contributed by atoms with Crippen LogP contribution in [0.3, 0.4) is 0 Å². The fourth-order valence-corrected chi connectivity index (χ4v) is 1.10. The van der Waals surface area contributed by atoms with Gasteiger partial charge in [-0.05, 0) is 18.7 Å². The van der Waals surface area contributed by atoms with Gasteiger partial charge in [0.15, 0.2) is 0 Å². The van der Waals surface area contributed by atoms with Gasteiger partial charge in [-0.3, -0.25) is 4.98 Å². The van der Waals surface area contributed by atoms with Gasteiger partial charge in [0.25, 0.3) is 0 Å². The molecular weight excluding hydrogens is 192 g/mol. The van der Waals surface area contributed by atoms with Crippen LogP contribution in [-0.4, -0.2) is 31.9 Å². The zero-order chi connectivity index (χ0) is 10.9. The minimum absolute atomic E-state index is 0.560. The summed E-state index contributed by atoms with van der Waals surface area (Å²) < 4.78 is 10.3. The Bertz CT molecular complexity index is 262. The van der Waals surface area contributed by atoms with Gasteiger partial charge in [-0.1, -0.05) is 6.92 Å². The molecule has 15 heavy (non-hydrogen) atoms. The van der Waals surface area contributed by atoms with Crippen molar-refractivity contribution in [1.82, 2.24) is 10.3 Å². The van der Waals surface area contributed by atoms with E-state index in [0.717, 1.165) is 24.5 Å². The lowest BCUT2D eigenvalue weighted by molar-refractivity contribution is 0.146. The van der Waals surface area contributed by atoms with Gasteiger partial charge >= 0.3 is 0 Å². The second-order valence-electron chi connectivity index (χ2n) is 3.11. The molecule has 1 aromatic rings. The predicted octanol–water partition coefficient (Wildman–Crippen LogP) is 1.22. The van der Waals surface area contributed by atoms with E-state index in [9.17, 15) is 0 Å². The van der Waals surface area contributed by atoms with Crippen molar-refractivity contribution in [3.63, 3.8) is 0 Å². The molecule has 0 atom stereocenters. The fraction of sp³-hybridized carbons (Fsp3) is 0.545. The minimum atomic E-state index is 0.560. The molecule has 0 saturated carbocycles. The molecule has 0 aliphatic heterocycles. The highest BCUT2D eigenvalue weighted by molar-refractivity contribution is 5.19. The summed E-state index contributed by atoms with van der Waals surface area (Å²) in [5.74, 6) is 0.785. The van der Waals surface area contributed by atoms with Crippen LogP contribution in [0.2, 0.25) is 0 Å². The topological polar surface area (TPSA) is 43.4 Å². The van der Waals surface area contributed by atoms with Crippen LogP contribution in [-0.2, 0) is 11.3 Å². The van der Waals surface area contributed by atoms with Crippen molar-refractivity contribution in [1.29, 1.82) is 0 Å². The number of methoxy groups -OCH3 is 1. The van der Waals surface area contributed by atoms with Gasteiger partial charge in [0.1, 0.15) is 12.4 Å². The Morgan fingerprint density at radius 1 is 1.33 bits per heavy atom. The van der Waals surface area contributed by atoms with E-state index in [1.54, 1.807) is 13.3 Å². The Balaban J connectivity index is 2.35. The van der Waals surface area contributed by atoms with E-state index >= 15 is 0 Å². The molecule has 0 amide bonds. The minimum Gasteiger partial charge on any atom is -0.490 e. The summed E-state index contributed by atoms with van der Waals surface area (Å²) in [6.07, 6.45) is 1.74. The fourth-order valence-electron chi connectivity index (χ4n) is 1.10. The summed E-state index contributed by atoms with van der Waals surface area (Å²) in [4.78, 5) is 4.27. The Morgan fingerprint density at radius 2 is 2.20 bits per heavy atom. The molecule has 0 aliphatic rings. The smallest absolute Gasteiger partial charge is 0.137 e. The maximum Gasteiger partial charge on any atom is 0.137 e. The summed E-state index contributed by atoms with van der Waals surface area (Å²) >= 11 is 0. The molecule has 0 fully saturated rings. The van der Waals surface area contributed by atoms with Crippen molar-refractivity contribution in [3.05, 3.63) is 24.0 Å². The SMILES string of the molecule is CCNCc1ccc(OCCOC)cn1. The maximum atomic E-state index is 5.40. The van der Waals surface area contributed by atoms with E-state index in [4.69, 9.17) is 9.47 Å². The molecule has 84 valence electrons. The number of ether oxygens (including phenoxy) is 2. The molecule has 0 aromatic carbocycles. The number of pyridine rings is 1. The molecule has 1 aromatic heterocycles. The molecule has 0 spiro atoms. The van der Waals surface area contributed by atoms with Gasteiger partial charge in [0.05, 0.1) is 18.5 Å². The maximum absolute atomic E-state index is 5.40. The highest BCUT2D eigenvalue weighted by Gasteiger charge is 1.96. The van der Waals surface area contributed by atoms with E-state index < -0.39 is 0 Å². The summed E-state index contributed by atoms with van der Waals surface area (Å²) in [6, 6.07) is 3.89. The van der Waals surface area contributed by atoms with Crippen LogP contribution in [0.15, 0.2) is 18.3 Å². The van der Waals surface area contributed by atoms with Crippen LogP contribution in [0.25, 0.3) is 0 Å². The van der Waals surface area contributed by atoms with Gasteiger partial charge in [-0.2, -0.15) is 0 Å². The molecule has 1 N–H and O–H groups in total. The average Bonchev–Trinajstić information content (AvgIpc) is 2.28. The first kappa shape index (κ1) is 11.9. The number of hydrogen-bond donors (Lipinski definition) is 1. The molecule has 4 nitrogen and oxygen atoms in total. The summed E-state index contributed by atoms with van der Waals surface area (Å²) in [6.45, 7) is 4.98. The lowest BCUT2D eigenvalue weighted by Gasteiger charge is -2.06. The largest absolute Gasteiger partial charge is 0.490 e. The van der Waals surface area contributed by atoms with E-state index in [0.29, 0.717) is 13.2 Å². The number of nitrogens with zero attached hydrogens (tertiary/aromatic N) is 1. The monoisotopic (exact) mass is 210 g/mol. The second kappa shape index (κ2) is 7.20. The number of nitrogens with one attached hydrogen (secondary N) is 1.